The van der Waals surface area contributed by atoms with Crippen LogP contribution in [0.4, 0.5) is 0 Å². The second-order valence-corrected chi connectivity index (χ2v) is 3.59. The third kappa shape index (κ3) is 2.06. The Morgan fingerprint density at radius 3 is 2.27 bits per heavy atom. The van der Waals surface area contributed by atoms with Gasteiger partial charge in [0.25, 0.3) is 0 Å². The maximum Gasteiger partial charge on any atom is 0.189 e. The summed E-state index contributed by atoms with van der Waals surface area (Å²) in [6.07, 6.45) is 2.50. The van der Waals surface area contributed by atoms with Crippen molar-refractivity contribution in [3.8, 4) is 0 Å². The maximum atomic E-state index is 10.2. The lowest BCUT2D eigenvalue weighted by molar-refractivity contribution is 0.112. The lowest BCUT2D eigenvalue weighted by Crippen LogP contribution is -1.95. The van der Waals surface area contributed by atoms with Gasteiger partial charge < -0.3 is 0 Å². The molecular weight excluding hydrogens is 160 g/mol. The van der Waals surface area contributed by atoms with Gasteiger partial charge in [0.05, 0.1) is 0 Å². The minimum atomic E-state index is -0.705. The smallest absolute Gasteiger partial charge is 0.189 e. The fraction of sp³-hybridized carbons (Fsp3) is 0.125. The predicted molar refractivity (Wildman–Crippen MR) is 46.0 cm³/mol. The van der Waals surface area contributed by atoms with Crippen molar-refractivity contribution < 1.29 is 9.35 Å². The number of hydrogen-bond acceptors (Lipinski definition) is 2. The van der Waals surface area contributed by atoms with E-state index in [-0.39, 0.29) is 0 Å². The molecule has 0 fully saturated rings. The zero-order chi connectivity index (χ0) is 8.27. The average molecular weight is 169 g/mol. The highest BCUT2D eigenvalue weighted by Gasteiger charge is 2.09. The Hall–Kier alpha value is -0.800. The minimum Gasteiger partial charge on any atom is -0.298 e. The molecule has 58 valence electrons. The lowest BCUT2D eigenvalue weighted by atomic mass is 10.2. The summed E-state index contributed by atoms with van der Waals surface area (Å²) >= 11 is -0.705. The molecule has 0 spiro atoms. The largest absolute Gasteiger partial charge is 0.298 e. The summed E-state index contributed by atoms with van der Waals surface area (Å²) in [5, 5.41) is 0. The van der Waals surface area contributed by atoms with Gasteiger partial charge in [-0.25, -0.2) is 0 Å². The quantitative estimate of drug-likeness (QED) is 0.539. The monoisotopic (exact) mass is 169 g/mol. The van der Waals surface area contributed by atoms with Gasteiger partial charge in [-0.3, -0.25) is 4.79 Å². The molecule has 3 heteroatoms. The highest BCUT2D eigenvalue weighted by atomic mass is 32.2. The van der Waals surface area contributed by atoms with Crippen molar-refractivity contribution in [3.05, 3.63) is 29.8 Å². The first-order chi connectivity index (χ1) is 5.24. The van der Waals surface area contributed by atoms with E-state index in [1.807, 2.05) is 0 Å². The Kier molecular flexibility index (Phi) is 2.68. The van der Waals surface area contributed by atoms with Gasteiger partial charge in [0.1, 0.15) is 12.5 Å². The molecule has 0 bridgehead atoms. The van der Waals surface area contributed by atoms with E-state index < -0.39 is 11.2 Å². The van der Waals surface area contributed by atoms with Gasteiger partial charge >= 0.3 is 0 Å². The summed E-state index contributed by atoms with van der Waals surface area (Å²) in [4.78, 5) is 11.1. The topological polar surface area (TPSA) is 37.3 Å². The molecule has 1 aromatic rings. The Balaban J connectivity index is 2.91. The van der Waals surface area contributed by atoms with E-state index in [0.717, 1.165) is 11.2 Å². The molecule has 0 aliphatic heterocycles. The van der Waals surface area contributed by atoms with Crippen molar-refractivity contribution in [2.75, 3.05) is 6.26 Å². The van der Waals surface area contributed by atoms with Gasteiger partial charge in [0.15, 0.2) is 16.1 Å². The Bertz CT molecular complexity index is 241. The summed E-state index contributed by atoms with van der Waals surface area (Å²) in [5.74, 6) is 0. The van der Waals surface area contributed by atoms with Crippen LogP contribution in [0.25, 0.3) is 0 Å². The standard InChI is InChI=1S/C8H9O2S/c1-11(10)8-4-2-7(6-9)3-5-8/h2-6,10H,1H3/q+1. The molecule has 1 atom stereocenters. The van der Waals surface area contributed by atoms with Crippen LogP contribution in [0, 0.1) is 0 Å². The number of hydrogen-bond donors (Lipinski definition) is 1. The van der Waals surface area contributed by atoms with E-state index in [1.54, 1.807) is 30.5 Å². The normalized spacial score (nSPS) is 12.5. The van der Waals surface area contributed by atoms with Gasteiger partial charge in [-0.1, -0.05) is 0 Å². The molecule has 0 saturated carbocycles. The lowest BCUT2D eigenvalue weighted by Gasteiger charge is -1.92. The van der Waals surface area contributed by atoms with Gasteiger partial charge in [0, 0.05) is 5.56 Å². The summed E-state index contributed by atoms with van der Waals surface area (Å²) < 4.78 is 9.13. The van der Waals surface area contributed by atoms with Crippen LogP contribution in [-0.4, -0.2) is 17.1 Å². The molecule has 0 aromatic heterocycles. The molecular formula is C8H9O2S+. The van der Waals surface area contributed by atoms with Gasteiger partial charge in [0.2, 0.25) is 0 Å². The molecule has 0 amide bonds. The molecule has 1 rings (SSSR count). The van der Waals surface area contributed by atoms with Crippen LogP contribution in [0.2, 0.25) is 0 Å². The average Bonchev–Trinajstić information content (AvgIpc) is 2.05. The van der Waals surface area contributed by atoms with Crippen LogP contribution >= 0.6 is 0 Å². The molecule has 11 heavy (non-hydrogen) atoms. The van der Waals surface area contributed by atoms with Crippen molar-refractivity contribution >= 4 is 17.5 Å². The fourth-order valence-corrected chi connectivity index (χ4v) is 1.27. The fourth-order valence-electron chi connectivity index (χ4n) is 0.743. The first-order valence-corrected chi connectivity index (χ1v) is 4.73. The van der Waals surface area contributed by atoms with Gasteiger partial charge in [-0.2, -0.15) is 4.55 Å². The van der Waals surface area contributed by atoms with E-state index in [4.69, 9.17) is 4.55 Å². The Morgan fingerprint density at radius 2 is 1.91 bits per heavy atom. The number of benzene rings is 1. The second-order valence-electron chi connectivity index (χ2n) is 2.16. The molecule has 1 unspecified atom stereocenters. The molecule has 1 aromatic carbocycles. The molecule has 1 N–H and O–H groups in total. The molecule has 0 radical (unpaired) electrons. The second kappa shape index (κ2) is 3.55. The number of carbonyl (C=O) groups excluding carboxylic acids is 1. The van der Waals surface area contributed by atoms with Crippen LogP contribution in [0.5, 0.6) is 0 Å². The number of aldehydes is 1. The third-order valence-electron chi connectivity index (χ3n) is 1.36. The van der Waals surface area contributed by atoms with Gasteiger partial charge in [-0.15, -0.1) is 0 Å². The minimum absolute atomic E-state index is 0.638. The zero-order valence-corrected chi connectivity index (χ0v) is 6.97. The molecule has 0 aliphatic rings. The first-order valence-electron chi connectivity index (χ1n) is 3.14. The van der Waals surface area contributed by atoms with Crippen molar-refractivity contribution in [2.24, 2.45) is 0 Å². The van der Waals surface area contributed by atoms with Crippen LogP contribution in [0.3, 0.4) is 0 Å². The van der Waals surface area contributed by atoms with Crippen LogP contribution in [-0.2, 0) is 11.2 Å². The first kappa shape index (κ1) is 8.30. The van der Waals surface area contributed by atoms with E-state index in [0.29, 0.717) is 5.56 Å². The van der Waals surface area contributed by atoms with E-state index in [1.165, 1.54) is 0 Å². The van der Waals surface area contributed by atoms with E-state index >= 15 is 0 Å². The summed E-state index contributed by atoms with van der Waals surface area (Å²) in [5.41, 5.74) is 0.638. The Labute approximate surface area is 68.4 Å². The SMILES string of the molecule is C[S+](O)c1ccc(C=O)cc1. The predicted octanol–water partition coefficient (Wildman–Crippen LogP) is 1.58. The zero-order valence-electron chi connectivity index (χ0n) is 6.15. The van der Waals surface area contributed by atoms with E-state index in [2.05, 4.69) is 0 Å². The highest BCUT2D eigenvalue weighted by Crippen LogP contribution is 2.08. The summed E-state index contributed by atoms with van der Waals surface area (Å²) in [6, 6.07) is 6.91. The molecule has 0 saturated heterocycles. The van der Waals surface area contributed by atoms with Crippen molar-refractivity contribution in [1.82, 2.24) is 0 Å². The van der Waals surface area contributed by atoms with E-state index in [9.17, 15) is 4.79 Å². The molecule has 0 heterocycles. The maximum absolute atomic E-state index is 10.2. The van der Waals surface area contributed by atoms with Crippen LogP contribution < -0.4 is 0 Å². The van der Waals surface area contributed by atoms with Crippen molar-refractivity contribution in [2.45, 2.75) is 4.90 Å². The van der Waals surface area contributed by atoms with Gasteiger partial charge in [-0.05, 0) is 24.3 Å². The Morgan fingerprint density at radius 1 is 1.36 bits per heavy atom. The molecule has 0 aliphatic carbocycles. The van der Waals surface area contributed by atoms with Crippen LogP contribution in [0.1, 0.15) is 10.4 Å². The summed E-state index contributed by atoms with van der Waals surface area (Å²) in [7, 11) is 0. The van der Waals surface area contributed by atoms with Crippen LogP contribution in [0.15, 0.2) is 29.2 Å². The number of carbonyl (C=O) groups is 1. The molecule has 2 nitrogen and oxygen atoms in total. The summed E-state index contributed by atoms with van der Waals surface area (Å²) in [6.45, 7) is 0. The third-order valence-corrected chi connectivity index (χ3v) is 2.31. The number of rotatable bonds is 2. The van der Waals surface area contributed by atoms with Crippen molar-refractivity contribution in [3.63, 3.8) is 0 Å². The van der Waals surface area contributed by atoms with Crippen molar-refractivity contribution in [1.29, 1.82) is 0 Å². The highest BCUT2D eigenvalue weighted by molar-refractivity contribution is 7.90.